The SMILES string of the molecule is CCOC(=O)C[C@@H](NC(=O)Oc1ccc([N+](=O)[O-])cc1)c1ccc2c(c1)OCO2. The standard InChI is InChI=1S/C19H18N2O8/c1-2-26-18(22)10-15(12-3-8-16-17(9-12)28-11-27-16)20-19(23)29-14-6-4-13(5-7-14)21(24)25/h3-9,15H,2,10-11H2,1H3,(H,20,23)/t15-/m1/s1. The van der Waals surface area contributed by atoms with Gasteiger partial charge in [-0.1, -0.05) is 6.07 Å². The zero-order chi connectivity index (χ0) is 20.8. The molecule has 1 atom stereocenters. The number of nitrogens with one attached hydrogen (secondary N) is 1. The first-order valence-corrected chi connectivity index (χ1v) is 8.74. The number of nitro groups is 1. The van der Waals surface area contributed by atoms with E-state index in [0.717, 1.165) is 0 Å². The van der Waals surface area contributed by atoms with E-state index < -0.39 is 23.0 Å². The Balaban J connectivity index is 1.72. The van der Waals surface area contributed by atoms with Crippen molar-refractivity contribution in [3.8, 4) is 17.2 Å². The van der Waals surface area contributed by atoms with Gasteiger partial charge in [0.05, 0.1) is 24.0 Å². The summed E-state index contributed by atoms with van der Waals surface area (Å²) in [5.41, 5.74) is 0.473. The largest absolute Gasteiger partial charge is 0.466 e. The Hall–Kier alpha value is -3.82. The molecule has 1 N–H and O–H groups in total. The first kappa shape index (κ1) is 19.9. The monoisotopic (exact) mass is 402 g/mol. The fraction of sp³-hybridized carbons (Fsp3) is 0.263. The summed E-state index contributed by atoms with van der Waals surface area (Å²) >= 11 is 0. The summed E-state index contributed by atoms with van der Waals surface area (Å²) in [5.74, 6) is 0.693. The lowest BCUT2D eigenvalue weighted by molar-refractivity contribution is -0.384. The summed E-state index contributed by atoms with van der Waals surface area (Å²) in [7, 11) is 0. The second-order valence-corrected chi connectivity index (χ2v) is 5.96. The van der Waals surface area contributed by atoms with Crippen LogP contribution in [-0.4, -0.2) is 30.4 Å². The quantitative estimate of drug-likeness (QED) is 0.425. The molecule has 29 heavy (non-hydrogen) atoms. The summed E-state index contributed by atoms with van der Waals surface area (Å²) in [6, 6.07) is 9.35. The van der Waals surface area contributed by atoms with Crippen LogP contribution in [0.15, 0.2) is 42.5 Å². The van der Waals surface area contributed by atoms with Crippen molar-refractivity contribution in [2.45, 2.75) is 19.4 Å². The summed E-state index contributed by atoms with van der Waals surface area (Å²) in [5, 5.41) is 13.3. The smallest absolute Gasteiger partial charge is 0.413 e. The van der Waals surface area contributed by atoms with E-state index in [1.807, 2.05) is 0 Å². The van der Waals surface area contributed by atoms with Crippen molar-refractivity contribution < 1.29 is 33.5 Å². The van der Waals surface area contributed by atoms with Crippen LogP contribution in [0.5, 0.6) is 17.2 Å². The predicted molar refractivity (Wildman–Crippen MR) is 98.8 cm³/mol. The number of non-ortho nitro benzene ring substituents is 1. The van der Waals surface area contributed by atoms with Gasteiger partial charge in [0.25, 0.3) is 5.69 Å². The fourth-order valence-electron chi connectivity index (χ4n) is 2.68. The highest BCUT2D eigenvalue weighted by Crippen LogP contribution is 2.35. The third-order valence-electron chi connectivity index (χ3n) is 4.03. The Morgan fingerprint density at radius 2 is 1.90 bits per heavy atom. The lowest BCUT2D eigenvalue weighted by Gasteiger charge is -2.18. The van der Waals surface area contributed by atoms with E-state index >= 15 is 0 Å². The lowest BCUT2D eigenvalue weighted by Crippen LogP contribution is -2.32. The molecule has 0 saturated heterocycles. The van der Waals surface area contributed by atoms with Crippen molar-refractivity contribution in [1.82, 2.24) is 5.32 Å². The Morgan fingerprint density at radius 3 is 2.59 bits per heavy atom. The molecule has 0 unspecified atom stereocenters. The van der Waals surface area contributed by atoms with Gasteiger partial charge >= 0.3 is 12.1 Å². The van der Waals surface area contributed by atoms with Crippen LogP contribution in [0.4, 0.5) is 10.5 Å². The van der Waals surface area contributed by atoms with Gasteiger partial charge in [-0.15, -0.1) is 0 Å². The number of fused-ring (bicyclic) bond motifs is 1. The summed E-state index contributed by atoms with van der Waals surface area (Å²) in [6.07, 6.45) is -0.950. The van der Waals surface area contributed by atoms with Crippen LogP contribution < -0.4 is 19.5 Å². The second kappa shape index (κ2) is 8.91. The molecule has 152 valence electrons. The second-order valence-electron chi connectivity index (χ2n) is 5.96. The van der Waals surface area contributed by atoms with Gasteiger partial charge in [0, 0.05) is 12.1 Å². The van der Waals surface area contributed by atoms with Crippen LogP contribution in [0.1, 0.15) is 24.9 Å². The number of nitrogens with zero attached hydrogens (tertiary/aromatic N) is 1. The number of ether oxygens (including phenoxy) is 4. The molecule has 0 aromatic heterocycles. The fourth-order valence-corrected chi connectivity index (χ4v) is 2.68. The molecule has 2 aromatic carbocycles. The van der Waals surface area contributed by atoms with Gasteiger partial charge in [-0.2, -0.15) is 0 Å². The molecule has 1 heterocycles. The zero-order valence-electron chi connectivity index (χ0n) is 15.5. The topological polar surface area (TPSA) is 126 Å². The molecule has 0 fully saturated rings. The molecule has 1 aliphatic rings. The molecule has 10 nitrogen and oxygen atoms in total. The average molecular weight is 402 g/mol. The summed E-state index contributed by atoms with van der Waals surface area (Å²) in [6.45, 7) is 1.99. The van der Waals surface area contributed by atoms with E-state index in [1.54, 1.807) is 25.1 Å². The van der Waals surface area contributed by atoms with Crippen molar-refractivity contribution in [2.75, 3.05) is 13.4 Å². The van der Waals surface area contributed by atoms with E-state index in [9.17, 15) is 19.7 Å². The maximum Gasteiger partial charge on any atom is 0.413 e. The van der Waals surface area contributed by atoms with E-state index in [0.29, 0.717) is 17.1 Å². The van der Waals surface area contributed by atoms with Crippen LogP contribution in [0.2, 0.25) is 0 Å². The highest BCUT2D eigenvalue weighted by Gasteiger charge is 2.23. The molecule has 0 spiro atoms. The molecule has 3 rings (SSSR count). The molecule has 0 saturated carbocycles. The number of hydrogen-bond donors (Lipinski definition) is 1. The Kier molecular flexibility index (Phi) is 6.12. The molecule has 0 bridgehead atoms. The minimum absolute atomic E-state index is 0.0942. The number of esters is 1. The zero-order valence-corrected chi connectivity index (χ0v) is 15.5. The van der Waals surface area contributed by atoms with Crippen LogP contribution in [0.3, 0.4) is 0 Å². The Labute approximate surface area is 165 Å². The van der Waals surface area contributed by atoms with Gasteiger partial charge in [-0.25, -0.2) is 4.79 Å². The maximum absolute atomic E-state index is 12.3. The molecule has 10 heteroatoms. The predicted octanol–water partition coefficient (Wildman–Crippen LogP) is 3.11. The third-order valence-corrected chi connectivity index (χ3v) is 4.03. The van der Waals surface area contributed by atoms with Gasteiger partial charge < -0.3 is 24.3 Å². The molecular weight excluding hydrogens is 384 g/mol. The van der Waals surface area contributed by atoms with Gasteiger partial charge in [-0.3, -0.25) is 14.9 Å². The highest BCUT2D eigenvalue weighted by atomic mass is 16.7. The number of benzene rings is 2. The number of carbonyl (C=O) groups excluding carboxylic acids is 2. The first-order chi connectivity index (χ1) is 14.0. The van der Waals surface area contributed by atoms with Crippen LogP contribution >= 0.6 is 0 Å². The summed E-state index contributed by atoms with van der Waals surface area (Å²) < 4.78 is 20.7. The summed E-state index contributed by atoms with van der Waals surface area (Å²) in [4.78, 5) is 34.4. The molecule has 0 radical (unpaired) electrons. The molecule has 0 aliphatic carbocycles. The molecule has 1 aliphatic heterocycles. The maximum atomic E-state index is 12.3. The van der Waals surface area contributed by atoms with E-state index in [-0.39, 0.29) is 31.3 Å². The lowest BCUT2D eigenvalue weighted by atomic mass is 10.0. The van der Waals surface area contributed by atoms with Crippen molar-refractivity contribution in [1.29, 1.82) is 0 Å². The molecular formula is C19H18N2O8. The molecule has 2 aromatic rings. The van der Waals surface area contributed by atoms with Crippen molar-refractivity contribution in [2.24, 2.45) is 0 Å². The van der Waals surface area contributed by atoms with Crippen molar-refractivity contribution in [3.63, 3.8) is 0 Å². The minimum atomic E-state index is -0.828. The number of rotatable bonds is 7. The van der Waals surface area contributed by atoms with Gasteiger partial charge in [0.1, 0.15) is 5.75 Å². The van der Waals surface area contributed by atoms with Gasteiger partial charge in [0.2, 0.25) is 6.79 Å². The Morgan fingerprint density at radius 1 is 1.17 bits per heavy atom. The van der Waals surface area contributed by atoms with Gasteiger partial charge in [-0.05, 0) is 36.8 Å². The van der Waals surface area contributed by atoms with Gasteiger partial charge in [0.15, 0.2) is 11.5 Å². The molecule has 1 amide bonds. The number of nitro benzene ring substituents is 1. The normalized spacial score (nSPS) is 12.7. The van der Waals surface area contributed by atoms with Crippen molar-refractivity contribution >= 4 is 17.7 Å². The van der Waals surface area contributed by atoms with E-state index in [2.05, 4.69) is 5.32 Å². The van der Waals surface area contributed by atoms with Crippen molar-refractivity contribution in [3.05, 3.63) is 58.1 Å². The average Bonchev–Trinajstić information content (AvgIpc) is 3.16. The third kappa shape index (κ3) is 5.12. The van der Waals surface area contributed by atoms with E-state index in [4.69, 9.17) is 18.9 Å². The highest BCUT2D eigenvalue weighted by molar-refractivity contribution is 5.74. The van der Waals surface area contributed by atoms with Crippen LogP contribution in [0.25, 0.3) is 0 Å². The van der Waals surface area contributed by atoms with Crippen LogP contribution in [-0.2, 0) is 9.53 Å². The number of amides is 1. The number of hydrogen-bond acceptors (Lipinski definition) is 8. The first-order valence-electron chi connectivity index (χ1n) is 8.74. The van der Waals surface area contributed by atoms with E-state index in [1.165, 1.54) is 24.3 Å². The minimum Gasteiger partial charge on any atom is -0.466 e. The van der Waals surface area contributed by atoms with Crippen LogP contribution in [0, 0.1) is 10.1 Å². The number of carbonyl (C=O) groups is 2. The Bertz CT molecular complexity index is 913.